The molecule has 13 heavy (non-hydrogen) atoms. The summed E-state index contributed by atoms with van der Waals surface area (Å²) in [6.45, 7) is 0. The maximum absolute atomic E-state index is 0. The van der Waals surface area contributed by atoms with Gasteiger partial charge in [0.1, 0.15) is 0 Å². The van der Waals surface area contributed by atoms with Crippen molar-refractivity contribution in [1.82, 2.24) is 0 Å². The van der Waals surface area contributed by atoms with Crippen molar-refractivity contribution in [3.63, 3.8) is 0 Å². The van der Waals surface area contributed by atoms with Crippen molar-refractivity contribution >= 4 is 0 Å². The van der Waals surface area contributed by atoms with Crippen LogP contribution in [-0.4, -0.2) is 0 Å². The molecule has 70 valence electrons. The monoisotopic (exact) mass is 424 g/mol. The first kappa shape index (κ1) is 301. The van der Waals surface area contributed by atoms with Gasteiger partial charge in [0.05, 0.1) is 0 Å². The molecule has 0 unspecified atom stereocenters. The van der Waals surface area contributed by atoms with Crippen LogP contribution < -0.4 is 37.7 Å². The van der Waals surface area contributed by atoms with Crippen molar-refractivity contribution in [2.24, 2.45) is 0 Å². The molecule has 0 amide bonds. The summed E-state index contributed by atoms with van der Waals surface area (Å²) in [5, 5.41) is 0. The molecule has 0 spiro atoms. The van der Waals surface area contributed by atoms with Crippen molar-refractivity contribution in [2.75, 3.05) is 0 Å². The van der Waals surface area contributed by atoms with Crippen molar-refractivity contribution in [2.45, 2.75) is 0 Å². The Kier molecular flexibility index (Phi) is 5760. The topological polar surface area (TPSA) is 200 Å². The van der Waals surface area contributed by atoms with E-state index in [-0.39, 0.29) is 162 Å². The minimum absolute atomic E-state index is 0. The molecule has 2 radical (unpaired) electrons. The average molecular weight is 426 g/mol. The van der Waals surface area contributed by atoms with Crippen LogP contribution in [0.4, 0.5) is 0 Å². The van der Waals surface area contributed by atoms with E-state index >= 15 is 0 Å². The Morgan fingerprint density at radius 1 is 0.308 bits per heavy atom. The minimum Gasteiger partial charge on any atom is -2.00 e. The fourth-order valence-corrected chi connectivity index (χ4v) is 0. The molecule has 0 fully saturated rings. The zero-order valence-corrected chi connectivity index (χ0v) is 13.5. The smallest absolute Gasteiger partial charge is 2.00 e. The Labute approximate surface area is 159 Å². The predicted octanol–water partition coefficient (Wildman–Crippen LogP) is -6.83. The predicted molar refractivity (Wildman–Crippen MR) is 4.81 cm³/mol. The first-order valence-electron chi connectivity index (χ1n) is 0. The molecule has 0 saturated carbocycles. The van der Waals surface area contributed by atoms with Gasteiger partial charge in [0, 0.05) is 0 Å². The number of hydrogen-bond acceptors (Lipinski definition) is 0. The molecule has 7 nitrogen and oxygen atoms in total. The van der Waals surface area contributed by atoms with Crippen molar-refractivity contribution in [3.8, 4) is 0 Å². The normalized spacial score (nSPS) is 0. The SMILES string of the molecule is [Co+2].[Co+2].[Li+].[Li+].[O-2].[O-2].[O-2].[O-2].[O-2].[O-2].[O-2].[Zr+4].[Zr+4]. The van der Waals surface area contributed by atoms with E-state index in [2.05, 4.69) is 0 Å². The summed E-state index contributed by atoms with van der Waals surface area (Å²) in [6, 6.07) is 0. The summed E-state index contributed by atoms with van der Waals surface area (Å²) in [5.74, 6) is 0. The van der Waals surface area contributed by atoms with Crippen LogP contribution in [0.2, 0.25) is 0 Å². The Hall–Kier alpha value is 3.69. The molecule has 0 saturated heterocycles. The van der Waals surface area contributed by atoms with E-state index in [1.54, 1.807) is 0 Å². The second-order valence-corrected chi connectivity index (χ2v) is 0. The van der Waals surface area contributed by atoms with Crippen LogP contribution in [0.15, 0.2) is 0 Å². The largest absolute Gasteiger partial charge is 4.00 e. The molecule has 0 rings (SSSR count). The van der Waals surface area contributed by atoms with Gasteiger partial charge < -0.3 is 38.3 Å². The number of hydrogen-bond donors (Lipinski definition) is 0. The third-order valence-corrected chi connectivity index (χ3v) is 0. The van der Waals surface area contributed by atoms with E-state index in [0.717, 1.165) is 0 Å². The molecule has 0 aliphatic carbocycles. The van der Waals surface area contributed by atoms with Gasteiger partial charge in [0.25, 0.3) is 0 Å². The van der Waals surface area contributed by atoms with Crippen LogP contribution in [0.25, 0.3) is 0 Å². The molecule has 13 heteroatoms. The van der Waals surface area contributed by atoms with Gasteiger partial charge in [-0.25, -0.2) is 0 Å². The van der Waals surface area contributed by atoms with E-state index in [4.69, 9.17) is 0 Å². The Bertz CT molecular complexity index is 22.5. The summed E-state index contributed by atoms with van der Waals surface area (Å²) in [7, 11) is 0. The van der Waals surface area contributed by atoms with Gasteiger partial charge in [0.15, 0.2) is 0 Å². The quantitative estimate of drug-likeness (QED) is 0.332. The van der Waals surface area contributed by atoms with Crippen LogP contribution in [0.1, 0.15) is 0 Å². The fraction of sp³-hybridized carbons (Fsp3) is 0. The van der Waals surface area contributed by atoms with E-state index in [1.807, 2.05) is 0 Å². The van der Waals surface area contributed by atoms with Crippen molar-refractivity contribution in [1.29, 1.82) is 0 Å². The van der Waals surface area contributed by atoms with Crippen LogP contribution in [0.3, 0.4) is 0 Å². The standard InChI is InChI=1S/2Co.2Li.7O.2Zr/q2*+2;2*+1;7*-2;2*+4. The third kappa shape index (κ3) is 216. The van der Waals surface area contributed by atoms with Gasteiger partial charge >= 0.3 is 124 Å². The van der Waals surface area contributed by atoms with Crippen molar-refractivity contribution in [3.05, 3.63) is 0 Å². The van der Waals surface area contributed by atoms with Gasteiger partial charge in [-0.05, 0) is 0 Å². The zero-order valence-electron chi connectivity index (χ0n) is 6.52. The molecule has 0 atom stereocenters. The maximum Gasteiger partial charge on any atom is 4.00 e. The van der Waals surface area contributed by atoms with E-state index < -0.39 is 0 Å². The van der Waals surface area contributed by atoms with Gasteiger partial charge in [0.2, 0.25) is 0 Å². The molecule has 0 aromatic heterocycles. The van der Waals surface area contributed by atoms with Gasteiger partial charge in [-0.15, -0.1) is 0 Å². The number of rotatable bonds is 0. The minimum atomic E-state index is 0. The molecular formula is Co2Li2O7Zr2. The Morgan fingerprint density at radius 2 is 0.308 bits per heavy atom. The molecule has 0 N–H and O–H groups in total. The van der Waals surface area contributed by atoms with Gasteiger partial charge in [-0.1, -0.05) is 0 Å². The van der Waals surface area contributed by atoms with Crippen LogP contribution in [0.5, 0.6) is 0 Å². The second-order valence-electron chi connectivity index (χ2n) is 0. The van der Waals surface area contributed by atoms with E-state index in [0.29, 0.717) is 0 Å². The van der Waals surface area contributed by atoms with E-state index in [9.17, 15) is 0 Å². The molecular weight excluding hydrogens is 426 g/mol. The molecule has 0 heterocycles. The summed E-state index contributed by atoms with van der Waals surface area (Å²) in [4.78, 5) is 0. The zero-order chi connectivity index (χ0) is 0. The van der Waals surface area contributed by atoms with Crippen LogP contribution in [0, 0.1) is 0 Å². The summed E-state index contributed by atoms with van der Waals surface area (Å²) < 4.78 is 0. The molecule has 0 aromatic carbocycles. The summed E-state index contributed by atoms with van der Waals surface area (Å²) in [5.41, 5.74) is 0. The molecule has 0 aromatic rings. The van der Waals surface area contributed by atoms with Crippen LogP contribution >= 0.6 is 0 Å². The third-order valence-electron chi connectivity index (χ3n) is 0. The molecule has 0 bridgehead atoms. The summed E-state index contributed by atoms with van der Waals surface area (Å²) in [6.07, 6.45) is 0. The Balaban J connectivity index is 0. The maximum atomic E-state index is 0. The van der Waals surface area contributed by atoms with Gasteiger partial charge in [-0.3, -0.25) is 0 Å². The Morgan fingerprint density at radius 3 is 0.308 bits per heavy atom. The first-order valence-corrected chi connectivity index (χ1v) is 0. The van der Waals surface area contributed by atoms with Crippen LogP contribution in [-0.2, 0) is 124 Å². The first-order chi connectivity index (χ1) is 0. The fourth-order valence-electron chi connectivity index (χ4n) is 0. The van der Waals surface area contributed by atoms with E-state index in [1.165, 1.54) is 0 Å². The summed E-state index contributed by atoms with van der Waals surface area (Å²) >= 11 is 0. The van der Waals surface area contributed by atoms with Crippen molar-refractivity contribution < 1.29 is 162 Å². The van der Waals surface area contributed by atoms with Gasteiger partial charge in [-0.2, -0.15) is 0 Å². The second kappa shape index (κ2) is 248. The molecule has 0 aliphatic rings. The average Bonchev–Trinajstić information content (AvgIpc) is 0. The molecule has 0 aliphatic heterocycles.